The Morgan fingerprint density at radius 1 is 1.20 bits per heavy atom. The number of carbonyl (C=O) groups is 3. The maximum atomic E-state index is 12.2. The van der Waals surface area contributed by atoms with Gasteiger partial charge in [-0.3, -0.25) is 9.59 Å². The molecular formula is C14H24N2O4. The van der Waals surface area contributed by atoms with E-state index in [-0.39, 0.29) is 18.2 Å². The normalized spacial score (nSPS) is 13.2. The highest BCUT2D eigenvalue weighted by atomic mass is 16.5. The first-order chi connectivity index (χ1) is 9.31. The highest BCUT2D eigenvalue weighted by molar-refractivity contribution is 5.90. The molecule has 0 unspecified atom stereocenters. The number of ether oxygens (including phenoxy) is 1. The van der Waals surface area contributed by atoms with E-state index in [9.17, 15) is 14.4 Å². The molecule has 0 saturated carbocycles. The summed E-state index contributed by atoms with van der Waals surface area (Å²) in [6, 6.07) is -1.45. The molecule has 0 saturated heterocycles. The minimum atomic E-state index is -0.784. The van der Waals surface area contributed by atoms with Crippen molar-refractivity contribution in [3.63, 3.8) is 0 Å². The molecule has 0 rings (SSSR count). The molecular weight excluding hydrogens is 260 g/mol. The largest absolute Gasteiger partial charge is 0.467 e. The van der Waals surface area contributed by atoms with Gasteiger partial charge in [0, 0.05) is 6.92 Å². The molecule has 2 amide bonds. The lowest BCUT2D eigenvalue weighted by Gasteiger charge is -2.22. The number of nitrogens with one attached hydrogen (secondary N) is 2. The number of hydrogen-bond acceptors (Lipinski definition) is 4. The summed E-state index contributed by atoms with van der Waals surface area (Å²) in [5.74, 6) is -0.992. The van der Waals surface area contributed by atoms with Gasteiger partial charge in [0.05, 0.1) is 7.11 Å². The van der Waals surface area contributed by atoms with Gasteiger partial charge in [-0.15, -0.1) is 6.58 Å². The van der Waals surface area contributed by atoms with Crippen LogP contribution in [0.25, 0.3) is 0 Å². The molecule has 0 radical (unpaired) electrons. The van der Waals surface area contributed by atoms with Gasteiger partial charge in [-0.1, -0.05) is 19.9 Å². The lowest BCUT2D eigenvalue weighted by atomic mass is 10.0. The van der Waals surface area contributed by atoms with E-state index in [4.69, 9.17) is 0 Å². The molecule has 0 heterocycles. The van der Waals surface area contributed by atoms with E-state index in [1.807, 2.05) is 13.8 Å². The van der Waals surface area contributed by atoms with Crippen LogP contribution in [0.4, 0.5) is 0 Å². The Hall–Kier alpha value is -1.85. The van der Waals surface area contributed by atoms with Gasteiger partial charge in [-0.2, -0.15) is 0 Å². The minimum Gasteiger partial charge on any atom is -0.467 e. The summed E-state index contributed by atoms with van der Waals surface area (Å²) in [5, 5.41) is 5.17. The van der Waals surface area contributed by atoms with Gasteiger partial charge in [-0.25, -0.2) is 4.79 Å². The van der Waals surface area contributed by atoms with Crippen molar-refractivity contribution >= 4 is 17.8 Å². The Labute approximate surface area is 119 Å². The summed E-state index contributed by atoms with van der Waals surface area (Å²) in [7, 11) is 1.25. The van der Waals surface area contributed by atoms with Crippen LogP contribution >= 0.6 is 0 Å². The topological polar surface area (TPSA) is 84.5 Å². The second-order valence-electron chi connectivity index (χ2n) is 4.99. The first-order valence-electron chi connectivity index (χ1n) is 6.58. The van der Waals surface area contributed by atoms with Crippen molar-refractivity contribution in [2.24, 2.45) is 5.92 Å². The smallest absolute Gasteiger partial charge is 0.328 e. The zero-order valence-electron chi connectivity index (χ0n) is 12.6. The summed E-state index contributed by atoms with van der Waals surface area (Å²) in [5.41, 5.74) is 0. The number of esters is 1. The molecule has 0 aromatic heterocycles. The molecule has 0 aromatic carbocycles. The Bertz CT molecular complexity index is 366. The van der Waals surface area contributed by atoms with E-state index < -0.39 is 24.0 Å². The standard InChI is InChI=1S/C14H24N2O4/c1-6-7-11(14(19)20-5)16-13(18)12(8-9(2)3)15-10(4)17/h6,9,11-12H,1,7-8H2,2-5H3,(H,15,17)(H,16,18)/t11-,12+/m1/s1. The van der Waals surface area contributed by atoms with Gasteiger partial charge in [0.2, 0.25) is 11.8 Å². The van der Waals surface area contributed by atoms with Crippen molar-refractivity contribution in [2.45, 2.75) is 45.7 Å². The average Bonchev–Trinajstić information content (AvgIpc) is 2.35. The molecule has 0 fully saturated rings. The summed E-state index contributed by atoms with van der Waals surface area (Å²) in [6.45, 7) is 8.78. The highest BCUT2D eigenvalue weighted by Gasteiger charge is 2.26. The zero-order valence-corrected chi connectivity index (χ0v) is 12.6. The number of methoxy groups -OCH3 is 1. The summed E-state index contributed by atoms with van der Waals surface area (Å²) >= 11 is 0. The number of amides is 2. The van der Waals surface area contributed by atoms with Crippen LogP contribution in [-0.4, -0.2) is 37.0 Å². The van der Waals surface area contributed by atoms with E-state index in [2.05, 4.69) is 21.9 Å². The van der Waals surface area contributed by atoms with Crippen molar-refractivity contribution in [3.05, 3.63) is 12.7 Å². The van der Waals surface area contributed by atoms with Crippen molar-refractivity contribution in [3.8, 4) is 0 Å². The van der Waals surface area contributed by atoms with E-state index in [1.165, 1.54) is 20.1 Å². The van der Waals surface area contributed by atoms with Crippen LogP contribution in [0.15, 0.2) is 12.7 Å². The molecule has 0 aliphatic heterocycles. The fraction of sp³-hybridized carbons (Fsp3) is 0.643. The SMILES string of the molecule is C=CC[C@@H](NC(=O)[C@H](CC(C)C)NC(C)=O)C(=O)OC. The second kappa shape index (κ2) is 9.12. The van der Waals surface area contributed by atoms with Crippen molar-refractivity contribution < 1.29 is 19.1 Å². The third-order valence-electron chi connectivity index (χ3n) is 2.61. The lowest BCUT2D eigenvalue weighted by Crippen LogP contribution is -2.51. The number of carbonyl (C=O) groups excluding carboxylic acids is 3. The van der Waals surface area contributed by atoms with E-state index in [0.717, 1.165) is 0 Å². The molecule has 0 bridgehead atoms. The molecule has 2 N–H and O–H groups in total. The third kappa shape index (κ3) is 6.92. The summed E-state index contributed by atoms with van der Waals surface area (Å²) in [6.07, 6.45) is 2.29. The lowest BCUT2D eigenvalue weighted by molar-refractivity contribution is -0.145. The van der Waals surface area contributed by atoms with Gasteiger partial charge < -0.3 is 15.4 Å². The van der Waals surface area contributed by atoms with Gasteiger partial charge in [0.25, 0.3) is 0 Å². The van der Waals surface area contributed by atoms with E-state index in [0.29, 0.717) is 6.42 Å². The fourth-order valence-electron chi connectivity index (χ4n) is 1.74. The second-order valence-corrected chi connectivity index (χ2v) is 4.99. The molecule has 0 aliphatic rings. The van der Waals surface area contributed by atoms with Crippen LogP contribution in [0.1, 0.15) is 33.6 Å². The molecule has 6 nitrogen and oxygen atoms in total. The fourth-order valence-corrected chi connectivity index (χ4v) is 1.74. The predicted molar refractivity (Wildman–Crippen MR) is 75.8 cm³/mol. The molecule has 114 valence electrons. The van der Waals surface area contributed by atoms with Crippen LogP contribution < -0.4 is 10.6 Å². The van der Waals surface area contributed by atoms with E-state index >= 15 is 0 Å². The Balaban J connectivity index is 4.80. The Kier molecular flexibility index (Phi) is 8.27. The quantitative estimate of drug-likeness (QED) is 0.509. The van der Waals surface area contributed by atoms with Crippen LogP contribution in [0.2, 0.25) is 0 Å². The molecule has 0 aromatic rings. The molecule has 0 spiro atoms. The number of hydrogen-bond donors (Lipinski definition) is 2. The maximum Gasteiger partial charge on any atom is 0.328 e. The molecule has 6 heteroatoms. The monoisotopic (exact) mass is 284 g/mol. The summed E-state index contributed by atoms with van der Waals surface area (Å²) < 4.78 is 4.62. The van der Waals surface area contributed by atoms with Crippen LogP contribution in [-0.2, 0) is 19.1 Å². The maximum absolute atomic E-state index is 12.2. The van der Waals surface area contributed by atoms with E-state index in [1.54, 1.807) is 0 Å². The van der Waals surface area contributed by atoms with Crippen molar-refractivity contribution in [1.29, 1.82) is 0 Å². The average molecular weight is 284 g/mol. The first-order valence-corrected chi connectivity index (χ1v) is 6.58. The van der Waals surface area contributed by atoms with Gasteiger partial charge in [0.15, 0.2) is 0 Å². The first kappa shape index (κ1) is 18.1. The minimum absolute atomic E-state index is 0.230. The summed E-state index contributed by atoms with van der Waals surface area (Å²) in [4.78, 5) is 34.8. The van der Waals surface area contributed by atoms with Crippen LogP contribution in [0.3, 0.4) is 0 Å². The van der Waals surface area contributed by atoms with Gasteiger partial charge in [0.1, 0.15) is 12.1 Å². The van der Waals surface area contributed by atoms with Gasteiger partial charge in [-0.05, 0) is 18.8 Å². The van der Waals surface area contributed by atoms with Gasteiger partial charge >= 0.3 is 5.97 Å². The number of rotatable bonds is 8. The van der Waals surface area contributed by atoms with Crippen LogP contribution in [0.5, 0.6) is 0 Å². The predicted octanol–water partition coefficient (Wildman–Crippen LogP) is 0.771. The van der Waals surface area contributed by atoms with Crippen molar-refractivity contribution in [2.75, 3.05) is 7.11 Å². The molecule has 20 heavy (non-hydrogen) atoms. The zero-order chi connectivity index (χ0) is 15.7. The Morgan fingerprint density at radius 3 is 2.20 bits per heavy atom. The molecule has 2 atom stereocenters. The van der Waals surface area contributed by atoms with Crippen LogP contribution in [0, 0.1) is 5.92 Å². The van der Waals surface area contributed by atoms with Crippen molar-refractivity contribution in [1.82, 2.24) is 10.6 Å². The third-order valence-corrected chi connectivity index (χ3v) is 2.61. The molecule has 0 aliphatic carbocycles. The Morgan fingerprint density at radius 2 is 1.80 bits per heavy atom. The highest BCUT2D eigenvalue weighted by Crippen LogP contribution is 2.06.